The van der Waals surface area contributed by atoms with Gasteiger partial charge in [0.15, 0.2) is 37.2 Å². The van der Waals surface area contributed by atoms with Crippen molar-refractivity contribution >= 4 is 0 Å². The van der Waals surface area contributed by atoms with E-state index in [0.717, 1.165) is 20.0 Å². The summed E-state index contributed by atoms with van der Waals surface area (Å²) in [5.74, 6) is 0. The average Bonchev–Trinajstić information content (AvgIpc) is 2.70. The van der Waals surface area contributed by atoms with Gasteiger partial charge in [-0.1, -0.05) is 32.2 Å². The van der Waals surface area contributed by atoms with Crippen molar-refractivity contribution in [1.29, 1.82) is 0 Å². The summed E-state index contributed by atoms with van der Waals surface area (Å²) in [6, 6.07) is 18.4. The van der Waals surface area contributed by atoms with E-state index in [-0.39, 0.29) is 37.2 Å². The third-order valence-electron chi connectivity index (χ3n) is 4.06. The second-order valence-electron chi connectivity index (χ2n) is 5.71. The van der Waals surface area contributed by atoms with Crippen molar-refractivity contribution in [3.8, 4) is 0 Å². The van der Waals surface area contributed by atoms with Crippen LogP contribution < -0.4 is 66.3 Å². The number of aromatic nitrogens is 3. The Morgan fingerprint density at radius 1 is 0.370 bits per heavy atom. The van der Waals surface area contributed by atoms with Crippen LogP contribution in [-0.4, -0.2) is 20.0 Å². The van der Waals surface area contributed by atoms with E-state index in [0.29, 0.717) is 0 Å². The second kappa shape index (κ2) is 10.8. The molecule has 0 N–H and O–H groups in total. The molecule has 1 aliphatic rings. The molecule has 6 nitrogen and oxygen atoms in total. The van der Waals surface area contributed by atoms with Gasteiger partial charge in [0.2, 0.25) is 20.0 Å². The highest BCUT2D eigenvalue weighted by molar-refractivity contribution is 4.97. The molecule has 3 aromatic heterocycles. The normalized spacial score (nSPS) is 13.1. The number of pyridine rings is 3. The molecule has 0 spiro atoms. The lowest BCUT2D eigenvalue weighted by Gasteiger charge is -2.33. The molecule has 0 unspecified atom stereocenters. The van der Waals surface area contributed by atoms with Crippen molar-refractivity contribution in [2.75, 3.05) is 35.0 Å². The predicted octanol–water partition coefficient (Wildman–Crippen LogP) is -9.34. The van der Waals surface area contributed by atoms with Crippen molar-refractivity contribution in [3.63, 3.8) is 0 Å². The van der Waals surface area contributed by atoms with Crippen LogP contribution in [0.5, 0.6) is 0 Å². The zero-order valence-electron chi connectivity index (χ0n) is 14.6. The molecule has 0 aliphatic carbocycles. The second-order valence-corrected chi connectivity index (χ2v) is 5.71. The Morgan fingerprint density at radius 2 is 0.593 bits per heavy atom. The molecular formula is C18H21Cl3N6. The summed E-state index contributed by atoms with van der Waals surface area (Å²) in [7, 11) is 0. The lowest BCUT2D eigenvalue weighted by atomic mass is 10.5. The summed E-state index contributed by atoms with van der Waals surface area (Å²) in [5.41, 5.74) is 0. The van der Waals surface area contributed by atoms with E-state index in [4.69, 9.17) is 0 Å². The van der Waals surface area contributed by atoms with Gasteiger partial charge in [0.1, 0.15) is 0 Å². The highest BCUT2D eigenvalue weighted by Crippen LogP contribution is 1.96. The van der Waals surface area contributed by atoms with Crippen LogP contribution in [0.3, 0.4) is 0 Å². The quantitative estimate of drug-likeness (QED) is 0.388. The highest BCUT2D eigenvalue weighted by Gasteiger charge is 2.35. The zero-order valence-corrected chi connectivity index (χ0v) is 16.9. The Labute approximate surface area is 178 Å². The van der Waals surface area contributed by atoms with Crippen molar-refractivity contribution in [2.24, 2.45) is 0 Å². The van der Waals surface area contributed by atoms with E-state index < -0.39 is 0 Å². The number of nitrogens with zero attached hydrogens (tertiary/aromatic N) is 6. The molecule has 4 heterocycles. The average molecular weight is 428 g/mol. The smallest absolute Gasteiger partial charge is 0.201 e. The minimum absolute atomic E-state index is 0. The Bertz CT molecular complexity index is 665. The van der Waals surface area contributed by atoms with E-state index in [9.17, 15) is 0 Å². The standard InChI is InChI=1S/C18H21N6.3ClH/c1-4-10-19(11-5-1)22-16-23(20-12-6-2-7-13-20)18-24(17-22)21-14-8-3-9-15-21;;;/h1-15H,16-18H2;3*1H/q+3;;;/p-3. The minimum Gasteiger partial charge on any atom is -1.00 e. The Hall–Kier alpha value is -2.28. The molecule has 3 aromatic rings. The summed E-state index contributed by atoms with van der Waals surface area (Å²) >= 11 is 0. The molecule has 0 aromatic carbocycles. The first kappa shape index (κ1) is 22.8. The van der Waals surface area contributed by atoms with Gasteiger partial charge >= 0.3 is 0 Å². The molecule has 144 valence electrons. The van der Waals surface area contributed by atoms with Gasteiger partial charge in [-0.05, 0) is 0 Å². The molecule has 0 bridgehead atoms. The van der Waals surface area contributed by atoms with Crippen LogP contribution in [0, 0.1) is 0 Å². The molecular weight excluding hydrogens is 407 g/mol. The lowest BCUT2D eigenvalue weighted by molar-refractivity contribution is -0.750. The number of rotatable bonds is 3. The largest absolute Gasteiger partial charge is 1.00 e. The Morgan fingerprint density at radius 3 is 0.815 bits per heavy atom. The van der Waals surface area contributed by atoms with Gasteiger partial charge in [-0.3, -0.25) is 0 Å². The van der Waals surface area contributed by atoms with Gasteiger partial charge < -0.3 is 37.2 Å². The maximum absolute atomic E-state index is 2.28. The van der Waals surface area contributed by atoms with Crippen LogP contribution in [0.25, 0.3) is 0 Å². The lowest BCUT2D eigenvalue weighted by Crippen LogP contribution is -3.00. The van der Waals surface area contributed by atoms with E-state index in [1.54, 1.807) is 0 Å². The SMILES string of the molecule is [Cl-].[Cl-].[Cl-].c1cc[n+](N2CN([n+]3ccccc3)CN([n+]3ccccc3)C2)cc1. The first-order chi connectivity index (χ1) is 11.9. The predicted molar refractivity (Wildman–Crippen MR) is 89.2 cm³/mol. The molecule has 0 atom stereocenters. The van der Waals surface area contributed by atoms with Crippen LogP contribution in [-0.2, 0) is 0 Å². The third-order valence-corrected chi connectivity index (χ3v) is 4.06. The molecule has 0 amide bonds. The molecule has 27 heavy (non-hydrogen) atoms. The summed E-state index contributed by atoms with van der Waals surface area (Å²) < 4.78 is 6.39. The number of hydrogen-bond donors (Lipinski definition) is 0. The van der Waals surface area contributed by atoms with Gasteiger partial charge in [-0.25, -0.2) is 0 Å². The molecule has 9 heteroatoms. The first-order valence-electron chi connectivity index (χ1n) is 8.05. The fourth-order valence-electron chi connectivity index (χ4n) is 2.87. The zero-order chi connectivity index (χ0) is 16.2. The van der Waals surface area contributed by atoms with Crippen LogP contribution in [0.2, 0.25) is 0 Å². The molecule has 0 saturated carbocycles. The van der Waals surface area contributed by atoms with E-state index >= 15 is 0 Å². The molecule has 1 saturated heterocycles. The van der Waals surface area contributed by atoms with E-state index in [1.807, 2.05) is 18.2 Å². The summed E-state index contributed by atoms with van der Waals surface area (Å²) in [4.78, 5) is 0. The van der Waals surface area contributed by atoms with Gasteiger partial charge in [-0.15, -0.1) is 15.0 Å². The Balaban J connectivity index is 0.00000121. The van der Waals surface area contributed by atoms with Gasteiger partial charge in [0.05, 0.1) is 0 Å². The summed E-state index contributed by atoms with van der Waals surface area (Å²) in [6.07, 6.45) is 12.5. The topological polar surface area (TPSA) is 21.4 Å². The first-order valence-corrected chi connectivity index (χ1v) is 8.05. The van der Waals surface area contributed by atoms with Crippen LogP contribution in [0.1, 0.15) is 0 Å². The van der Waals surface area contributed by atoms with Crippen LogP contribution in [0.15, 0.2) is 91.8 Å². The minimum atomic E-state index is 0. The fraction of sp³-hybridized carbons (Fsp3) is 0.167. The van der Waals surface area contributed by atoms with Gasteiger partial charge in [0.25, 0.3) is 0 Å². The summed E-state index contributed by atoms with van der Waals surface area (Å²) in [6.45, 7) is 2.40. The van der Waals surface area contributed by atoms with Crippen molar-refractivity contribution in [1.82, 2.24) is 0 Å². The monoisotopic (exact) mass is 426 g/mol. The van der Waals surface area contributed by atoms with Crippen molar-refractivity contribution in [3.05, 3.63) is 91.8 Å². The molecule has 4 rings (SSSR count). The van der Waals surface area contributed by atoms with Crippen LogP contribution >= 0.6 is 0 Å². The highest BCUT2D eigenvalue weighted by atomic mass is 35.5. The number of hydrogen-bond acceptors (Lipinski definition) is 3. The van der Waals surface area contributed by atoms with Crippen LogP contribution in [0.4, 0.5) is 0 Å². The Kier molecular flexibility index (Phi) is 9.08. The van der Waals surface area contributed by atoms with E-state index in [1.165, 1.54) is 0 Å². The molecule has 1 fully saturated rings. The maximum atomic E-state index is 2.28. The third kappa shape index (κ3) is 5.35. The number of halogens is 3. The molecule has 0 radical (unpaired) electrons. The van der Waals surface area contributed by atoms with E-state index in [2.05, 4.69) is 103 Å². The van der Waals surface area contributed by atoms with Gasteiger partial charge in [-0.2, -0.15) is 0 Å². The molecule has 1 aliphatic heterocycles. The fourth-order valence-corrected chi connectivity index (χ4v) is 2.87. The summed E-state index contributed by atoms with van der Waals surface area (Å²) in [5, 5.41) is 6.84. The van der Waals surface area contributed by atoms with Crippen molar-refractivity contribution < 1.29 is 51.2 Å². The van der Waals surface area contributed by atoms with Gasteiger partial charge in [0, 0.05) is 36.4 Å². The maximum Gasteiger partial charge on any atom is 0.201 e. The van der Waals surface area contributed by atoms with Crippen molar-refractivity contribution in [2.45, 2.75) is 0 Å².